The number of aromatic nitrogens is 3. The number of ether oxygens (including phenoxy) is 4. The average Bonchev–Trinajstić information content (AvgIpc) is 3.84. The van der Waals surface area contributed by atoms with Crippen LogP contribution in [0.5, 0.6) is 11.5 Å². The Bertz CT molecular complexity index is 2270. The van der Waals surface area contributed by atoms with E-state index in [-0.39, 0.29) is 29.1 Å². The van der Waals surface area contributed by atoms with Gasteiger partial charge in [0.05, 0.1) is 26.2 Å². The molecule has 12 heteroatoms. The van der Waals surface area contributed by atoms with Gasteiger partial charge < -0.3 is 38.4 Å². The molecule has 3 heterocycles. The molecule has 1 fully saturated rings. The minimum absolute atomic E-state index is 0.00333. The molecule has 2 N–H and O–H groups in total. The zero-order valence-electron chi connectivity index (χ0n) is 35.6. The number of carbonyl (C=O) groups is 1. The molecular weight excluding hydrogens is 773 g/mol. The molecule has 60 heavy (non-hydrogen) atoms. The zero-order valence-corrected chi connectivity index (χ0v) is 36.6. The summed E-state index contributed by atoms with van der Waals surface area (Å²) in [4.78, 5) is 22.4. The summed E-state index contributed by atoms with van der Waals surface area (Å²) in [6.45, 7) is 13.3. The Kier molecular flexibility index (Phi) is 12.9. The lowest BCUT2D eigenvalue weighted by Gasteiger charge is -2.45. The van der Waals surface area contributed by atoms with Crippen molar-refractivity contribution >= 4 is 31.1 Å². The first-order chi connectivity index (χ1) is 28.9. The van der Waals surface area contributed by atoms with E-state index in [4.69, 9.17) is 23.4 Å². The number of hydrogen-bond acceptors (Lipinski definition) is 9. The van der Waals surface area contributed by atoms with Crippen molar-refractivity contribution in [1.29, 1.82) is 0 Å². The van der Waals surface area contributed by atoms with E-state index in [0.29, 0.717) is 33.9 Å². The summed E-state index contributed by atoms with van der Waals surface area (Å²) < 4.78 is 34.7. The van der Waals surface area contributed by atoms with Crippen LogP contribution in [0.4, 0.5) is 5.82 Å². The van der Waals surface area contributed by atoms with Gasteiger partial charge in [-0.25, -0.2) is 9.97 Å². The quantitative estimate of drug-likeness (QED) is 0.0725. The first-order valence-electron chi connectivity index (χ1n) is 20.6. The molecule has 6 aromatic rings. The SMILES string of the molecule is COc1ccc(C(OC[C@H]2O[C@@H](n3ccc4c(NC(=O)c5ccccc5)ncnc43)[C@H](O[Si](C(C)C)(C(C)C)C(C)C)[C@@H]2O)(c2ccccc2)c2ccc(OC)cc2)cc1. The van der Waals surface area contributed by atoms with Gasteiger partial charge in [0.1, 0.15) is 53.2 Å². The van der Waals surface area contributed by atoms with E-state index in [0.717, 1.165) is 16.7 Å². The molecule has 0 aliphatic carbocycles. The Morgan fingerprint density at radius 3 is 1.83 bits per heavy atom. The number of nitrogens with zero attached hydrogens (tertiary/aromatic N) is 3. The standard InChI is InChI=1S/C48H56N4O7Si/c1-31(2)60(32(3)4,33(5)6)59-43-42(53)41(58-47(43)52-28-27-40-44(49-30-50-45(40)52)51-46(54)34-15-11-9-12-16-34)29-57-48(35-17-13-10-14-18-35,36-19-23-38(55-7)24-20-36)37-21-25-39(56-8)26-22-37/h9-28,30-33,41-43,47,53H,29H2,1-8H3,(H,49,50,51,54)/t41-,42-,43-,47-/m1/s1. The van der Waals surface area contributed by atoms with Crippen LogP contribution < -0.4 is 14.8 Å². The zero-order chi connectivity index (χ0) is 42.6. The van der Waals surface area contributed by atoms with Crippen molar-refractivity contribution < 1.29 is 33.3 Å². The summed E-state index contributed by atoms with van der Waals surface area (Å²) in [6, 6.07) is 36.6. The van der Waals surface area contributed by atoms with Crippen molar-refractivity contribution in [2.24, 2.45) is 0 Å². The van der Waals surface area contributed by atoms with Crippen LogP contribution in [0.25, 0.3) is 11.0 Å². The van der Waals surface area contributed by atoms with Crippen LogP contribution >= 0.6 is 0 Å². The van der Waals surface area contributed by atoms with Crippen molar-refractivity contribution in [3.63, 3.8) is 0 Å². The van der Waals surface area contributed by atoms with Gasteiger partial charge in [0, 0.05) is 11.8 Å². The minimum atomic E-state index is -2.60. The van der Waals surface area contributed by atoms with E-state index in [9.17, 15) is 9.90 Å². The first kappa shape index (κ1) is 42.7. The largest absolute Gasteiger partial charge is 0.497 e. The number of nitrogens with one attached hydrogen (secondary N) is 1. The van der Waals surface area contributed by atoms with Crippen molar-refractivity contribution in [3.05, 3.63) is 150 Å². The van der Waals surface area contributed by atoms with Crippen molar-refractivity contribution in [2.75, 3.05) is 26.1 Å². The number of benzene rings is 4. The van der Waals surface area contributed by atoms with Gasteiger partial charge in [-0.2, -0.15) is 0 Å². The third-order valence-corrected chi connectivity index (χ3v) is 18.1. The smallest absolute Gasteiger partial charge is 0.256 e. The van der Waals surface area contributed by atoms with Crippen LogP contribution in [0.3, 0.4) is 0 Å². The second-order valence-electron chi connectivity index (χ2n) is 16.3. The Labute approximate surface area is 353 Å². The molecule has 1 amide bonds. The van der Waals surface area contributed by atoms with Gasteiger partial charge >= 0.3 is 0 Å². The molecule has 0 saturated carbocycles. The van der Waals surface area contributed by atoms with Crippen LogP contribution in [-0.2, 0) is 19.5 Å². The highest BCUT2D eigenvalue weighted by Crippen LogP contribution is 2.48. The summed E-state index contributed by atoms with van der Waals surface area (Å²) in [5, 5.41) is 16.2. The Morgan fingerprint density at radius 1 is 0.767 bits per heavy atom. The third kappa shape index (κ3) is 7.97. The monoisotopic (exact) mass is 828 g/mol. The van der Waals surface area contributed by atoms with Crippen LogP contribution in [0.15, 0.2) is 128 Å². The number of anilines is 1. The predicted molar refractivity (Wildman–Crippen MR) is 236 cm³/mol. The Hall–Kier alpha value is -5.37. The van der Waals surface area contributed by atoms with Crippen LogP contribution in [-0.4, -0.2) is 73.0 Å². The number of hydrogen-bond donors (Lipinski definition) is 2. The average molecular weight is 829 g/mol. The molecule has 4 aromatic carbocycles. The molecule has 11 nitrogen and oxygen atoms in total. The summed E-state index contributed by atoms with van der Waals surface area (Å²) >= 11 is 0. The fourth-order valence-corrected chi connectivity index (χ4v) is 14.7. The Morgan fingerprint density at radius 2 is 1.30 bits per heavy atom. The van der Waals surface area contributed by atoms with E-state index in [2.05, 4.69) is 56.8 Å². The summed E-state index contributed by atoms with van der Waals surface area (Å²) in [6.07, 6.45) is -0.201. The maximum absolute atomic E-state index is 13.3. The van der Waals surface area contributed by atoms with E-state index in [1.54, 1.807) is 26.4 Å². The number of aliphatic hydroxyl groups is 1. The highest BCUT2D eigenvalue weighted by molar-refractivity contribution is 6.77. The lowest BCUT2D eigenvalue weighted by atomic mass is 9.80. The fourth-order valence-electron chi connectivity index (χ4n) is 9.18. The van der Waals surface area contributed by atoms with Crippen molar-refractivity contribution in [1.82, 2.24) is 14.5 Å². The molecule has 314 valence electrons. The summed E-state index contributed by atoms with van der Waals surface area (Å²) in [5.74, 6) is 1.51. The van der Waals surface area contributed by atoms with E-state index in [1.165, 1.54) is 6.33 Å². The van der Waals surface area contributed by atoms with Crippen LogP contribution in [0.2, 0.25) is 16.6 Å². The van der Waals surface area contributed by atoms with Gasteiger partial charge in [-0.05, 0) is 75.8 Å². The van der Waals surface area contributed by atoms with Crippen LogP contribution in [0, 0.1) is 0 Å². The molecule has 7 rings (SSSR count). The Balaban J connectivity index is 1.31. The van der Waals surface area contributed by atoms with Crippen LogP contribution in [0.1, 0.15) is 74.8 Å². The van der Waals surface area contributed by atoms with Crippen molar-refractivity contribution in [3.8, 4) is 11.5 Å². The predicted octanol–water partition coefficient (Wildman–Crippen LogP) is 9.53. The van der Waals surface area contributed by atoms with Crippen molar-refractivity contribution in [2.45, 2.75) is 88.3 Å². The normalized spacial score (nSPS) is 18.4. The number of fused-ring (bicyclic) bond motifs is 1. The summed E-state index contributed by atoms with van der Waals surface area (Å²) in [5.41, 5.74) is 3.22. The maximum atomic E-state index is 13.3. The molecule has 0 radical (unpaired) electrons. The van der Waals surface area contributed by atoms with Gasteiger partial charge in [0.25, 0.3) is 5.91 Å². The third-order valence-electron chi connectivity index (χ3n) is 12.0. The highest BCUT2D eigenvalue weighted by Gasteiger charge is 2.54. The van der Waals surface area contributed by atoms with E-state index in [1.807, 2.05) is 114 Å². The number of rotatable bonds is 16. The second-order valence-corrected chi connectivity index (χ2v) is 21.7. The van der Waals surface area contributed by atoms with E-state index < -0.39 is 38.5 Å². The second kappa shape index (κ2) is 18.1. The van der Waals surface area contributed by atoms with Gasteiger partial charge in [-0.15, -0.1) is 0 Å². The van der Waals surface area contributed by atoms with E-state index >= 15 is 0 Å². The van der Waals surface area contributed by atoms with Gasteiger partial charge in [0.2, 0.25) is 8.32 Å². The molecule has 0 bridgehead atoms. The molecule has 1 saturated heterocycles. The molecule has 2 aromatic heterocycles. The first-order valence-corrected chi connectivity index (χ1v) is 22.8. The topological polar surface area (TPSA) is 126 Å². The lowest BCUT2D eigenvalue weighted by Crippen LogP contribution is -2.53. The molecule has 1 aliphatic rings. The molecular formula is C48H56N4O7Si. The number of methoxy groups -OCH3 is 2. The maximum Gasteiger partial charge on any atom is 0.256 e. The highest BCUT2D eigenvalue weighted by atomic mass is 28.4. The van der Waals surface area contributed by atoms with Gasteiger partial charge in [-0.1, -0.05) is 114 Å². The number of aliphatic hydroxyl groups excluding tert-OH is 1. The number of carbonyl (C=O) groups excluding carboxylic acids is 1. The lowest BCUT2D eigenvalue weighted by molar-refractivity contribution is -0.0939. The molecule has 4 atom stereocenters. The molecule has 1 aliphatic heterocycles. The molecule has 0 spiro atoms. The molecule has 0 unspecified atom stereocenters. The number of amides is 1. The van der Waals surface area contributed by atoms with Gasteiger partial charge in [-0.3, -0.25) is 4.79 Å². The van der Waals surface area contributed by atoms with Gasteiger partial charge in [0.15, 0.2) is 6.23 Å². The minimum Gasteiger partial charge on any atom is -0.497 e. The summed E-state index contributed by atoms with van der Waals surface area (Å²) in [7, 11) is 0.687. The fraction of sp³-hybridized carbons (Fsp3) is 0.354.